The molecule has 6 heteroatoms. The van der Waals surface area contributed by atoms with Crippen LogP contribution in [0.15, 0.2) is 6.33 Å². The average Bonchev–Trinajstić information content (AvgIpc) is 2.35. The second-order valence-corrected chi connectivity index (χ2v) is 3.76. The molecule has 0 aliphatic carbocycles. The van der Waals surface area contributed by atoms with Crippen molar-refractivity contribution in [2.24, 2.45) is 0 Å². The Morgan fingerprint density at radius 1 is 1.53 bits per heavy atom. The van der Waals surface area contributed by atoms with E-state index in [4.69, 9.17) is 5.73 Å². The van der Waals surface area contributed by atoms with E-state index in [1.54, 1.807) is 7.05 Å². The number of carbonyl (C=O) groups is 1. The lowest BCUT2D eigenvalue weighted by Crippen LogP contribution is -2.27. The van der Waals surface area contributed by atoms with E-state index in [-0.39, 0.29) is 5.91 Å². The summed E-state index contributed by atoms with van der Waals surface area (Å²) >= 11 is 0. The Labute approximate surface area is 101 Å². The van der Waals surface area contributed by atoms with Gasteiger partial charge in [-0.15, -0.1) is 0 Å². The van der Waals surface area contributed by atoms with Gasteiger partial charge in [-0.25, -0.2) is 9.97 Å². The number of nitrogens with one attached hydrogen (secondary N) is 1. The fourth-order valence-corrected chi connectivity index (χ4v) is 1.58. The Morgan fingerprint density at radius 2 is 2.24 bits per heavy atom. The molecule has 1 heterocycles. The van der Waals surface area contributed by atoms with Crippen molar-refractivity contribution >= 4 is 17.5 Å². The van der Waals surface area contributed by atoms with Crippen molar-refractivity contribution in [3.63, 3.8) is 0 Å². The van der Waals surface area contributed by atoms with Crippen LogP contribution < -0.4 is 16.0 Å². The Kier molecular flexibility index (Phi) is 4.68. The number of hydrogen-bond acceptors (Lipinski definition) is 5. The van der Waals surface area contributed by atoms with Crippen molar-refractivity contribution in [3.05, 3.63) is 11.9 Å². The van der Waals surface area contributed by atoms with Gasteiger partial charge in [-0.05, 0) is 6.42 Å². The highest BCUT2D eigenvalue weighted by Gasteiger charge is 2.12. The number of rotatable bonds is 5. The maximum atomic E-state index is 11.2. The lowest BCUT2D eigenvalue weighted by molar-refractivity contribution is -0.120. The smallest absolute Gasteiger partial charge is 0.221 e. The Hall–Kier alpha value is -1.85. The fraction of sp³-hybridized carbons (Fsp3) is 0.545. The number of nitrogen functional groups attached to an aromatic ring is 1. The zero-order valence-corrected chi connectivity index (χ0v) is 10.5. The molecule has 0 bridgehead atoms. The van der Waals surface area contributed by atoms with Gasteiger partial charge in [0.05, 0.1) is 0 Å². The number of aromatic nitrogens is 2. The summed E-state index contributed by atoms with van der Waals surface area (Å²) in [4.78, 5) is 21.3. The van der Waals surface area contributed by atoms with Crippen LogP contribution in [0.5, 0.6) is 0 Å². The monoisotopic (exact) mass is 237 g/mol. The average molecular weight is 237 g/mol. The highest BCUT2D eigenvalue weighted by Crippen LogP contribution is 2.20. The Bertz CT molecular complexity index is 393. The minimum Gasteiger partial charge on any atom is -0.383 e. The van der Waals surface area contributed by atoms with E-state index < -0.39 is 0 Å². The number of hydrogen-bond donors (Lipinski definition) is 2. The van der Waals surface area contributed by atoms with Crippen LogP contribution in [0, 0.1) is 0 Å². The molecule has 1 rings (SSSR count). The van der Waals surface area contributed by atoms with E-state index in [1.165, 1.54) is 6.33 Å². The predicted octanol–water partition coefficient (Wildman–Crippen LogP) is 0.194. The fourth-order valence-electron chi connectivity index (χ4n) is 1.58. The lowest BCUT2D eigenvalue weighted by atomic mass is 10.2. The van der Waals surface area contributed by atoms with E-state index in [2.05, 4.69) is 15.3 Å². The van der Waals surface area contributed by atoms with Gasteiger partial charge in [0.15, 0.2) is 0 Å². The van der Waals surface area contributed by atoms with Crippen LogP contribution in [0.1, 0.15) is 18.9 Å². The van der Waals surface area contributed by atoms with Crippen molar-refractivity contribution in [3.8, 4) is 0 Å². The number of anilines is 2. The van der Waals surface area contributed by atoms with E-state index in [9.17, 15) is 4.79 Å². The molecule has 1 aromatic rings. The van der Waals surface area contributed by atoms with Crippen molar-refractivity contribution in [1.82, 2.24) is 15.3 Å². The summed E-state index contributed by atoms with van der Waals surface area (Å²) in [6, 6.07) is 0. The van der Waals surface area contributed by atoms with Crippen molar-refractivity contribution in [2.45, 2.75) is 19.8 Å². The molecular weight excluding hydrogens is 218 g/mol. The standard InChI is InChI=1S/C11H19N5O/c1-4-8-10(12)14-7-15-11(8)16(3)6-5-9(17)13-2/h7H,4-6H2,1-3H3,(H,13,17)(H2,12,14,15). The zero-order chi connectivity index (χ0) is 12.8. The third-order valence-corrected chi connectivity index (χ3v) is 2.62. The number of amides is 1. The first-order valence-electron chi connectivity index (χ1n) is 5.61. The lowest BCUT2D eigenvalue weighted by Gasteiger charge is -2.20. The van der Waals surface area contributed by atoms with E-state index in [1.807, 2.05) is 18.9 Å². The van der Waals surface area contributed by atoms with Crippen LogP contribution >= 0.6 is 0 Å². The van der Waals surface area contributed by atoms with E-state index >= 15 is 0 Å². The van der Waals surface area contributed by atoms with Crippen molar-refractivity contribution in [2.75, 3.05) is 31.3 Å². The van der Waals surface area contributed by atoms with Gasteiger partial charge in [0.1, 0.15) is 18.0 Å². The molecule has 1 amide bonds. The molecular formula is C11H19N5O. The maximum Gasteiger partial charge on any atom is 0.221 e. The van der Waals surface area contributed by atoms with Gasteiger partial charge in [0.2, 0.25) is 5.91 Å². The largest absolute Gasteiger partial charge is 0.383 e. The molecule has 0 spiro atoms. The molecule has 1 aromatic heterocycles. The summed E-state index contributed by atoms with van der Waals surface area (Å²) in [5.41, 5.74) is 6.72. The molecule has 0 unspecified atom stereocenters. The number of carbonyl (C=O) groups excluding carboxylic acids is 1. The van der Waals surface area contributed by atoms with Crippen LogP contribution in [0.4, 0.5) is 11.6 Å². The van der Waals surface area contributed by atoms with E-state index in [0.717, 1.165) is 17.8 Å². The van der Waals surface area contributed by atoms with Crippen LogP contribution in [0.25, 0.3) is 0 Å². The Morgan fingerprint density at radius 3 is 2.82 bits per heavy atom. The molecule has 0 radical (unpaired) electrons. The molecule has 0 aromatic carbocycles. The van der Waals surface area contributed by atoms with Crippen LogP contribution in [0.2, 0.25) is 0 Å². The van der Waals surface area contributed by atoms with Crippen LogP contribution in [0.3, 0.4) is 0 Å². The van der Waals surface area contributed by atoms with E-state index in [0.29, 0.717) is 18.8 Å². The topological polar surface area (TPSA) is 84.1 Å². The summed E-state index contributed by atoms with van der Waals surface area (Å²) in [6.07, 6.45) is 2.65. The zero-order valence-electron chi connectivity index (χ0n) is 10.5. The van der Waals surface area contributed by atoms with Gasteiger partial charge in [-0.3, -0.25) is 4.79 Å². The molecule has 0 aliphatic rings. The normalized spacial score (nSPS) is 10.1. The first-order valence-corrected chi connectivity index (χ1v) is 5.61. The summed E-state index contributed by atoms with van der Waals surface area (Å²) in [5.74, 6) is 1.31. The third-order valence-electron chi connectivity index (χ3n) is 2.62. The van der Waals surface area contributed by atoms with Gasteiger partial charge in [-0.1, -0.05) is 6.92 Å². The molecule has 6 nitrogen and oxygen atoms in total. The molecule has 0 aliphatic heterocycles. The summed E-state index contributed by atoms with van der Waals surface area (Å²) in [6.45, 7) is 2.61. The summed E-state index contributed by atoms with van der Waals surface area (Å²) in [5, 5.41) is 2.59. The Balaban J connectivity index is 2.78. The van der Waals surface area contributed by atoms with Crippen LogP contribution in [-0.2, 0) is 11.2 Å². The second-order valence-electron chi connectivity index (χ2n) is 3.76. The first-order chi connectivity index (χ1) is 8.10. The third kappa shape index (κ3) is 3.30. The SMILES string of the molecule is CCc1c(N)ncnc1N(C)CCC(=O)NC. The van der Waals surface area contributed by atoms with Gasteiger partial charge in [0, 0.05) is 32.6 Å². The van der Waals surface area contributed by atoms with Crippen molar-refractivity contribution < 1.29 is 4.79 Å². The molecule has 0 saturated heterocycles. The second kappa shape index (κ2) is 6.03. The van der Waals surface area contributed by atoms with Crippen LogP contribution in [-0.4, -0.2) is 36.5 Å². The quantitative estimate of drug-likeness (QED) is 0.764. The minimum absolute atomic E-state index is 0.0110. The number of nitrogens with zero attached hydrogens (tertiary/aromatic N) is 3. The van der Waals surface area contributed by atoms with Gasteiger partial charge in [-0.2, -0.15) is 0 Å². The molecule has 94 valence electrons. The predicted molar refractivity (Wildman–Crippen MR) is 67.8 cm³/mol. The van der Waals surface area contributed by atoms with Crippen molar-refractivity contribution in [1.29, 1.82) is 0 Å². The summed E-state index contributed by atoms with van der Waals surface area (Å²) < 4.78 is 0. The molecule has 0 saturated carbocycles. The summed E-state index contributed by atoms with van der Waals surface area (Å²) in [7, 11) is 3.52. The highest BCUT2D eigenvalue weighted by atomic mass is 16.1. The molecule has 0 fully saturated rings. The molecule has 17 heavy (non-hydrogen) atoms. The molecule has 3 N–H and O–H groups in total. The van der Waals surface area contributed by atoms with Gasteiger partial charge < -0.3 is 16.0 Å². The van der Waals surface area contributed by atoms with Gasteiger partial charge in [0.25, 0.3) is 0 Å². The highest BCUT2D eigenvalue weighted by molar-refractivity contribution is 5.76. The number of nitrogens with two attached hydrogens (primary N) is 1. The first kappa shape index (κ1) is 13.2. The van der Waals surface area contributed by atoms with Gasteiger partial charge >= 0.3 is 0 Å². The molecule has 0 atom stereocenters. The maximum absolute atomic E-state index is 11.2. The minimum atomic E-state index is 0.0110.